The first-order chi connectivity index (χ1) is 27.0. The number of para-hydroxylation sites is 1. The van der Waals surface area contributed by atoms with Gasteiger partial charge in [0.25, 0.3) is 0 Å². The van der Waals surface area contributed by atoms with Gasteiger partial charge in [-0.2, -0.15) is 16.7 Å². The van der Waals surface area contributed by atoms with Crippen molar-refractivity contribution in [3.8, 4) is 23.0 Å². The number of hydrogen-bond acceptors (Lipinski definition) is 3. The number of nitrogens with zero attached hydrogens (tertiary/aromatic N) is 4. The molecule has 280 valence electrons. The summed E-state index contributed by atoms with van der Waals surface area (Å²) in [5, 5.41) is 7.65. The smallest absolute Gasteiger partial charge is 0.509 e. The molecule has 5 aromatic carbocycles. The summed E-state index contributed by atoms with van der Waals surface area (Å²) in [6, 6.07) is 50.1. The molecule has 56 heavy (non-hydrogen) atoms. The molecule has 1 unspecified atom stereocenters. The van der Waals surface area contributed by atoms with Crippen molar-refractivity contribution in [1.82, 2.24) is 19.3 Å². The van der Waals surface area contributed by atoms with E-state index in [9.17, 15) is 0 Å². The van der Waals surface area contributed by atoms with E-state index >= 15 is 0 Å². The van der Waals surface area contributed by atoms with Gasteiger partial charge in [-0.3, -0.25) is 4.68 Å². The van der Waals surface area contributed by atoms with Crippen LogP contribution in [0.25, 0.3) is 38.9 Å². The number of aromatic nitrogens is 4. The van der Waals surface area contributed by atoms with Crippen LogP contribution in [0, 0.1) is 26.0 Å². The second-order valence-electron chi connectivity index (χ2n) is 14.7. The molecule has 6 heteroatoms. The third kappa shape index (κ3) is 6.83. The first kappa shape index (κ1) is 37.4. The van der Waals surface area contributed by atoms with Crippen LogP contribution in [0.2, 0.25) is 0 Å². The molecule has 8 aromatic rings. The monoisotopic (exact) mass is 911 g/mol. The third-order valence-corrected chi connectivity index (χ3v) is 11.1. The van der Waals surface area contributed by atoms with Gasteiger partial charge in [0.05, 0.1) is 5.69 Å². The minimum atomic E-state index is 0. The number of pyridine rings is 1. The fraction of sp³-hybridized carbons (Fsp3) is 0.200. The van der Waals surface area contributed by atoms with Crippen molar-refractivity contribution < 1.29 is 25.8 Å². The Hall–Kier alpha value is -5.51. The number of aryl methyl sites for hydroxylation is 3. The molecule has 0 radical (unpaired) electrons. The van der Waals surface area contributed by atoms with E-state index in [0.29, 0.717) is 17.4 Å². The Kier molecular flexibility index (Phi) is 10.6. The molecule has 0 amide bonds. The van der Waals surface area contributed by atoms with E-state index < -0.39 is 0 Å². The van der Waals surface area contributed by atoms with E-state index in [1.165, 1.54) is 28.0 Å². The van der Waals surface area contributed by atoms with Crippen molar-refractivity contribution in [2.75, 3.05) is 0 Å². The number of rotatable bonds is 9. The van der Waals surface area contributed by atoms with Crippen LogP contribution in [0.4, 0.5) is 0 Å². The van der Waals surface area contributed by atoms with Gasteiger partial charge >= 0.3 is 21.1 Å². The maximum absolute atomic E-state index is 6.65. The quantitative estimate of drug-likeness (QED) is 0.136. The number of allylic oxidation sites excluding steroid dienone is 2. The SMILES string of the molecule is CCc1nn(-c2[c-]c(Oc3[c-]c4c(cc3)c3ccccc3n4-c3cc(C)ccn3)cc(C)c2)c(CC)c1C1C(c2ccccc2)=CCC[C@@H]1c1ccccc1.[Pt+2]. The van der Waals surface area contributed by atoms with Crippen LogP contribution in [0.3, 0.4) is 0 Å². The van der Waals surface area contributed by atoms with Crippen molar-refractivity contribution in [2.45, 2.75) is 65.2 Å². The van der Waals surface area contributed by atoms with E-state index in [1.807, 2.05) is 24.4 Å². The fourth-order valence-corrected chi connectivity index (χ4v) is 8.71. The average molecular weight is 912 g/mol. The summed E-state index contributed by atoms with van der Waals surface area (Å²) in [6.45, 7) is 8.68. The Bertz CT molecular complexity index is 2690. The van der Waals surface area contributed by atoms with Gasteiger partial charge in [0, 0.05) is 40.4 Å². The van der Waals surface area contributed by atoms with Crippen LogP contribution in [0.15, 0.2) is 134 Å². The van der Waals surface area contributed by atoms with E-state index in [0.717, 1.165) is 75.8 Å². The van der Waals surface area contributed by atoms with E-state index in [-0.39, 0.29) is 27.0 Å². The van der Waals surface area contributed by atoms with Crippen LogP contribution in [0.5, 0.6) is 11.5 Å². The summed E-state index contributed by atoms with van der Waals surface area (Å²) in [7, 11) is 0. The Labute approximate surface area is 344 Å². The molecule has 0 N–H and O–H groups in total. The minimum Gasteiger partial charge on any atom is -0.509 e. The van der Waals surface area contributed by atoms with Gasteiger partial charge in [-0.05, 0) is 90.1 Å². The topological polar surface area (TPSA) is 44.9 Å². The van der Waals surface area contributed by atoms with Crippen LogP contribution in [-0.4, -0.2) is 19.3 Å². The molecular weight excluding hydrogens is 868 g/mol. The van der Waals surface area contributed by atoms with Crippen LogP contribution < -0.4 is 4.74 Å². The van der Waals surface area contributed by atoms with Gasteiger partial charge in [-0.15, -0.1) is 35.7 Å². The molecule has 9 rings (SSSR count). The first-order valence-corrected chi connectivity index (χ1v) is 19.5. The molecule has 2 atom stereocenters. The minimum absolute atomic E-state index is 0. The zero-order chi connectivity index (χ0) is 37.5. The number of fused-ring (bicyclic) bond motifs is 3. The fourth-order valence-electron chi connectivity index (χ4n) is 8.71. The normalized spacial score (nSPS) is 15.5. The molecule has 3 heterocycles. The van der Waals surface area contributed by atoms with Crippen LogP contribution >= 0.6 is 0 Å². The van der Waals surface area contributed by atoms with E-state index in [2.05, 4.69) is 158 Å². The van der Waals surface area contributed by atoms with Crippen molar-refractivity contribution in [3.05, 3.63) is 185 Å². The summed E-state index contributed by atoms with van der Waals surface area (Å²) < 4.78 is 11.0. The third-order valence-electron chi connectivity index (χ3n) is 11.1. The summed E-state index contributed by atoms with van der Waals surface area (Å²) in [5.41, 5.74) is 12.9. The second-order valence-corrected chi connectivity index (χ2v) is 14.7. The van der Waals surface area contributed by atoms with Crippen LogP contribution in [-0.2, 0) is 33.9 Å². The van der Waals surface area contributed by atoms with Gasteiger partial charge in [0.1, 0.15) is 5.82 Å². The molecule has 0 saturated carbocycles. The molecule has 0 bridgehead atoms. The predicted octanol–water partition coefficient (Wildman–Crippen LogP) is 12.2. The van der Waals surface area contributed by atoms with E-state index in [4.69, 9.17) is 14.8 Å². The zero-order valence-corrected chi connectivity index (χ0v) is 34.5. The van der Waals surface area contributed by atoms with Crippen molar-refractivity contribution >= 4 is 27.4 Å². The van der Waals surface area contributed by atoms with Crippen molar-refractivity contribution in [2.24, 2.45) is 0 Å². The zero-order valence-electron chi connectivity index (χ0n) is 32.2. The second kappa shape index (κ2) is 15.9. The molecule has 0 fully saturated rings. The summed E-state index contributed by atoms with van der Waals surface area (Å²) in [6.07, 6.45) is 8.15. The molecule has 1 aliphatic carbocycles. The van der Waals surface area contributed by atoms with Crippen molar-refractivity contribution in [1.29, 1.82) is 0 Å². The number of ether oxygens (including phenoxy) is 1. The molecule has 0 spiro atoms. The predicted molar refractivity (Wildman–Crippen MR) is 224 cm³/mol. The average Bonchev–Trinajstić information content (AvgIpc) is 3.76. The molecule has 5 nitrogen and oxygen atoms in total. The maximum atomic E-state index is 6.65. The van der Waals surface area contributed by atoms with Crippen molar-refractivity contribution in [3.63, 3.8) is 0 Å². The molecule has 1 aliphatic rings. The van der Waals surface area contributed by atoms with Gasteiger partial charge in [0.2, 0.25) is 0 Å². The van der Waals surface area contributed by atoms with Gasteiger partial charge in [-0.25, -0.2) is 4.98 Å². The largest absolute Gasteiger partial charge is 2.00 e. The summed E-state index contributed by atoms with van der Waals surface area (Å²) in [4.78, 5) is 4.75. The summed E-state index contributed by atoms with van der Waals surface area (Å²) >= 11 is 0. The first-order valence-electron chi connectivity index (χ1n) is 19.5. The molecular formula is C50H44N4OPt. The Morgan fingerprint density at radius 3 is 2.29 bits per heavy atom. The van der Waals surface area contributed by atoms with Crippen LogP contribution in [0.1, 0.15) is 77.7 Å². The molecule has 0 saturated heterocycles. The van der Waals surface area contributed by atoms with Gasteiger partial charge < -0.3 is 9.30 Å². The van der Waals surface area contributed by atoms with Gasteiger partial charge in [0.15, 0.2) is 0 Å². The number of hydrogen-bond donors (Lipinski definition) is 0. The molecule has 3 aromatic heterocycles. The Morgan fingerprint density at radius 2 is 1.52 bits per heavy atom. The Balaban J connectivity index is 0.00000441. The van der Waals surface area contributed by atoms with E-state index in [1.54, 1.807) is 0 Å². The Morgan fingerprint density at radius 1 is 0.750 bits per heavy atom. The van der Waals surface area contributed by atoms with Gasteiger partial charge in [-0.1, -0.05) is 111 Å². The molecule has 0 aliphatic heterocycles. The maximum Gasteiger partial charge on any atom is 2.00 e. The number of benzene rings is 5. The standard InChI is InChI=1S/C50H44N4O.Pt/c1-5-44-50(49-40(35-16-9-7-10-17-35)21-15-22-41(49)36-18-11-8-12-19-36)45(6-2)54(52-44)37-28-34(4)29-39(31-37)55-38-24-25-43-42-20-13-14-23-46(42)53(47(43)32-38)48-30-33(3)26-27-51-48;/h7-14,16-21,23-30,41,49H,5-6,15,22H2,1-4H3;/q-2;+2/t41-,49?;/m1./s1. The summed E-state index contributed by atoms with van der Waals surface area (Å²) in [5.74, 6) is 2.62.